The van der Waals surface area contributed by atoms with Crippen LogP contribution in [0.3, 0.4) is 0 Å². The third-order valence-electron chi connectivity index (χ3n) is 2.88. The Morgan fingerprint density at radius 1 is 1.19 bits per heavy atom. The summed E-state index contributed by atoms with van der Waals surface area (Å²) < 4.78 is 9.71. The van der Waals surface area contributed by atoms with Crippen molar-refractivity contribution in [3.63, 3.8) is 0 Å². The molecule has 21 heavy (non-hydrogen) atoms. The fourth-order valence-corrected chi connectivity index (χ4v) is 1.65. The van der Waals surface area contributed by atoms with Gasteiger partial charge in [0.1, 0.15) is 5.75 Å². The van der Waals surface area contributed by atoms with Crippen LogP contribution < -0.4 is 15.4 Å². The number of carbonyl (C=O) groups excluding carboxylic acids is 2. The number of benzene rings is 1. The summed E-state index contributed by atoms with van der Waals surface area (Å²) >= 11 is 0. The van der Waals surface area contributed by atoms with Gasteiger partial charge in [-0.1, -0.05) is 6.92 Å². The van der Waals surface area contributed by atoms with E-state index in [9.17, 15) is 9.59 Å². The molecular weight excluding hydrogens is 272 g/mol. The van der Waals surface area contributed by atoms with Gasteiger partial charge in [0.15, 0.2) is 6.61 Å². The molecule has 0 spiro atoms. The van der Waals surface area contributed by atoms with E-state index in [0.29, 0.717) is 18.0 Å². The van der Waals surface area contributed by atoms with Gasteiger partial charge in [0.25, 0.3) is 0 Å². The molecule has 0 bridgehead atoms. The summed E-state index contributed by atoms with van der Waals surface area (Å²) in [5, 5.41) is 5.93. The maximum absolute atomic E-state index is 12.1. The maximum atomic E-state index is 12.1. The van der Waals surface area contributed by atoms with Gasteiger partial charge >= 0.3 is 5.97 Å². The largest absolute Gasteiger partial charge is 0.482 e. The van der Waals surface area contributed by atoms with E-state index < -0.39 is 11.5 Å². The van der Waals surface area contributed by atoms with E-state index in [1.165, 1.54) is 7.11 Å². The number of rotatable bonds is 7. The fraction of sp³-hybridized carbons (Fsp3) is 0.467. The zero-order chi connectivity index (χ0) is 15.9. The van der Waals surface area contributed by atoms with Crippen LogP contribution >= 0.6 is 0 Å². The van der Waals surface area contributed by atoms with Gasteiger partial charge < -0.3 is 20.1 Å². The van der Waals surface area contributed by atoms with Gasteiger partial charge in [-0.3, -0.25) is 4.79 Å². The fourth-order valence-electron chi connectivity index (χ4n) is 1.65. The van der Waals surface area contributed by atoms with Crippen molar-refractivity contribution in [3.05, 3.63) is 24.3 Å². The first kappa shape index (κ1) is 17.0. The molecule has 2 N–H and O–H groups in total. The molecule has 0 fully saturated rings. The Hall–Kier alpha value is -2.08. The summed E-state index contributed by atoms with van der Waals surface area (Å²) in [6, 6.07) is 6.79. The summed E-state index contributed by atoms with van der Waals surface area (Å²) in [7, 11) is 1.30. The highest BCUT2D eigenvalue weighted by Gasteiger charge is 2.25. The van der Waals surface area contributed by atoms with Crippen molar-refractivity contribution in [3.8, 4) is 5.75 Å². The normalized spacial score (nSPS) is 10.9. The molecule has 0 saturated heterocycles. The summed E-state index contributed by atoms with van der Waals surface area (Å²) in [6.07, 6.45) is 0. The van der Waals surface area contributed by atoms with Crippen LogP contribution in [0.15, 0.2) is 24.3 Å². The van der Waals surface area contributed by atoms with E-state index in [0.717, 1.165) is 0 Å². The molecule has 0 radical (unpaired) electrons. The lowest BCUT2D eigenvalue weighted by Gasteiger charge is -2.24. The molecule has 0 aliphatic carbocycles. The van der Waals surface area contributed by atoms with Crippen LogP contribution in [0.25, 0.3) is 0 Å². The van der Waals surface area contributed by atoms with Crippen LogP contribution in [0.1, 0.15) is 20.8 Å². The maximum Gasteiger partial charge on any atom is 0.343 e. The quantitative estimate of drug-likeness (QED) is 0.746. The molecule has 0 aromatic heterocycles. The molecule has 0 heterocycles. The van der Waals surface area contributed by atoms with Crippen LogP contribution in [0.5, 0.6) is 5.75 Å². The molecule has 1 aromatic carbocycles. The van der Waals surface area contributed by atoms with Gasteiger partial charge in [-0.05, 0) is 44.7 Å². The van der Waals surface area contributed by atoms with Crippen molar-refractivity contribution in [1.82, 2.24) is 5.32 Å². The number of esters is 1. The number of amides is 1. The molecule has 0 saturated carbocycles. The first-order chi connectivity index (χ1) is 9.89. The van der Waals surface area contributed by atoms with Gasteiger partial charge in [0.2, 0.25) is 5.91 Å². The number of carbonyl (C=O) groups is 2. The predicted molar refractivity (Wildman–Crippen MR) is 80.3 cm³/mol. The summed E-state index contributed by atoms with van der Waals surface area (Å²) in [6.45, 7) is 6.15. The van der Waals surface area contributed by atoms with Crippen LogP contribution in [0, 0.1) is 0 Å². The molecule has 116 valence electrons. The van der Waals surface area contributed by atoms with Crippen LogP contribution in [0.4, 0.5) is 5.69 Å². The molecule has 6 nitrogen and oxygen atoms in total. The van der Waals surface area contributed by atoms with Gasteiger partial charge in [-0.15, -0.1) is 0 Å². The SMILES string of the molecule is CCNC(C)(C)C(=O)Nc1ccc(OCC(=O)OC)cc1. The monoisotopic (exact) mass is 294 g/mol. The lowest BCUT2D eigenvalue weighted by molar-refractivity contribution is -0.142. The van der Waals surface area contributed by atoms with E-state index in [1.54, 1.807) is 24.3 Å². The second-order valence-electron chi connectivity index (χ2n) is 5.00. The Morgan fingerprint density at radius 3 is 2.33 bits per heavy atom. The van der Waals surface area contributed by atoms with E-state index in [1.807, 2.05) is 20.8 Å². The minimum atomic E-state index is -0.644. The molecule has 1 rings (SSSR count). The van der Waals surface area contributed by atoms with Crippen LogP contribution in [-0.4, -0.2) is 37.7 Å². The minimum absolute atomic E-state index is 0.118. The van der Waals surface area contributed by atoms with E-state index in [2.05, 4.69) is 15.4 Å². The standard InChI is InChI=1S/C15H22N2O4/c1-5-16-15(2,3)14(19)17-11-6-8-12(9-7-11)21-10-13(18)20-4/h6-9,16H,5,10H2,1-4H3,(H,17,19). The van der Waals surface area contributed by atoms with E-state index in [4.69, 9.17) is 4.74 Å². The van der Waals surface area contributed by atoms with Crippen molar-refractivity contribution in [2.75, 3.05) is 25.6 Å². The molecular formula is C15H22N2O4. The third-order valence-corrected chi connectivity index (χ3v) is 2.88. The van der Waals surface area contributed by atoms with Gasteiger partial charge in [0, 0.05) is 5.69 Å². The zero-order valence-corrected chi connectivity index (χ0v) is 12.9. The van der Waals surface area contributed by atoms with Crippen molar-refractivity contribution < 1.29 is 19.1 Å². The summed E-state index contributed by atoms with van der Waals surface area (Å²) in [4.78, 5) is 23.1. The first-order valence-electron chi connectivity index (χ1n) is 6.75. The summed E-state index contributed by atoms with van der Waals surface area (Å²) in [5.74, 6) is -0.0308. The molecule has 0 unspecified atom stereocenters. The number of methoxy groups -OCH3 is 1. The highest BCUT2D eigenvalue weighted by atomic mass is 16.6. The smallest absolute Gasteiger partial charge is 0.343 e. The molecule has 0 atom stereocenters. The third kappa shape index (κ3) is 5.43. The van der Waals surface area contributed by atoms with Crippen LogP contribution in [-0.2, 0) is 14.3 Å². The zero-order valence-electron chi connectivity index (χ0n) is 12.9. The number of hydrogen-bond acceptors (Lipinski definition) is 5. The van der Waals surface area contributed by atoms with Crippen LogP contribution in [0.2, 0.25) is 0 Å². The predicted octanol–water partition coefficient (Wildman–Crippen LogP) is 1.56. The topological polar surface area (TPSA) is 76.7 Å². The Labute approximate surface area is 124 Å². The van der Waals surface area contributed by atoms with E-state index in [-0.39, 0.29) is 12.5 Å². The second kappa shape index (κ2) is 7.64. The number of hydrogen-bond donors (Lipinski definition) is 2. The Balaban J connectivity index is 2.58. The minimum Gasteiger partial charge on any atom is -0.482 e. The molecule has 1 amide bonds. The Bertz CT molecular complexity index is 483. The average molecular weight is 294 g/mol. The first-order valence-corrected chi connectivity index (χ1v) is 6.75. The molecule has 6 heteroatoms. The average Bonchev–Trinajstić information content (AvgIpc) is 2.46. The van der Waals surface area contributed by atoms with Crippen molar-refractivity contribution in [1.29, 1.82) is 0 Å². The second-order valence-corrected chi connectivity index (χ2v) is 5.00. The van der Waals surface area contributed by atoms with Gasteiger partial charge in [-0.2, -0.15) is 0 Å². The molecule has 0 aliphatic rings. The van der Waals surface area contributed by atoms with Crippen molar-refractivity contribution in [2.45, 2.75) is 26.3 Å². The molecule has 0 aliphatic heterocycles. The van der Waals surface area contributed by atoms with E-state index >= 15 is 0 Å². The van der Waals surface area contributed by atoms with Crippen molar-refractivity contribution >= 4 is 17.6 Å². The summed E-state index contributed by atoms with van der Waals surface area (Å²) in [5.41, 5.74) is 0.0193. The molecule has 1 aromatic rings. The Kier molecular flexibility index (Phi) is 6.17. The lowest BCUT2D eigenvalue weighted by atomic mass is 10.0. The number of likely N-dealkylation sites (N-methyl/N-ethyl adjacent to an activating group) is 1. The lowest BCUT2D eigenvalue weighted by Crippen LogP contribution is -2.49. The number of anilines is 1. The highest BCUT2D eigenvalue weighted by Crippen LogP contribution is 2.17. The Morgan fingerprint density at radius 2 is 1.81 bits per heavy atom. The number of nitrogens with one attached hydrogen (secondary N) is 2. The van der Waals surface area contributed by atoms with Gasteiger partial charge in [-0.25, -0.2) is 4.79 Å². The van der Waals surface area contributed by atoms with Crippen molar-refractivity contribution in [2.24, 2.45) is 0 Å². The highest BCUT2D eigenvalue weighted by molar-refractivity contribution is 5.97. The van der Waals surface area contributed by atoms with Gasteiger partial charge in [0.05, 0.1) is 12.6 Å². The number of ether oxygens (including phenoxy) is 2.